The Kier molecular flexibility index (Phi) is 3.86. The number of hydrogen-bond donors (Lipinski definition) is 1. The van der Waals surface area contributed by atoms with Crippen LogP contribution in [0.5, 0.6) is 0 Å². The van der Waals surface area contributed by atoms with Crippen LogP contribution in [0.1, 0.15) is 22.6 Å². The Labute approximate surface area is 109 Å². The van der Waals surface area contributed by atoms with Gasteiger partial charge in [0.05, 0.1) is 12.3 Å². The third-order valence-corrected chi connectivity index (χ3v) is 3.36. The minimum Gasteiger partial charge on any atom is -0.390 e. The molecule has 1 heterocycles. The molecule has 0 spiro atoms. The summed E-state index contributed by atoms with van der Waals surface area (Å²) in [5, 5.41) is 9.16. The van der Waals surface area contributed by atoms with Crippen molar-refractivity contribution in [2.24, 2.45) is 0 Å². The van der Waals surface area contributed by atoms with Crippen LogP contribution < -0.4 is 0 Å². The van der Waals surface area contributed by atoms with Crippen LogP contribution in [0.2, 0.25) is 0 Å². The van der Waals surface area contributed by atoms with Crippen LogP contribution in [0.3, 0.4) is 0 Å². The number of halogens is 1. The molecule has 0 aliphatic carbocycles. The second-order valence-electron chi connectivity index (χ2n) is 3.84. The summed E-state index contributed by atoms with van der Waals surface area (Å²) in [6, 6.07) is 7.99. The quantitative estimate of drug-likeness (QED) is 0.946. The van der Waals surface area contributed by atoms with E-state index in [0.29, 0.717) is 12.1 Å². The second kappa shape index (κ2) is 5.38. The van der Waals surface area contributed by atoms with Gasteiger partial charge in [0.15, 0.2) is 0 Å². The predicted molar refractivity (Wildman–Crippen MR) is 69.6 cm³/mol. The SMILES string of the molecule is Cc1cnc(Cc2ccccc2Br)nc1CO. The molecule has 17 heavy (non-hydrogen) atoms. The number of benzene rings is 1. The number of aromatic nitrogens is 2. The number of hydrogen-bond acceptors (Lipinski definition) is 3. The number of rotatable bonds is 3. The van der Waals surface area contributed by atoms with Gasteiger partial charge in [-0.1, -0.05) is 34.1 Å². The topological polar surface area (TPSA) is 46.0 Å². The van der Waals surface area contributed by atoms with E-state index in [1.54, 1.807) is 6.20 Å². The molecule has 0 radical (unpaired) electrons. The van der Waals surface area contributed by atoms with Crippen molar-refractivity contribution in [1.82, 2.24) is 9.97 Å². The first-order valence-corrected chi connectivity index (χ1v) is 6.15. The van der Waals surface area contributed by atoms with E-state index < -0.39 is 0 Å². The molecular formula is C13H13BrN2O. The molecule has 0 aliphatic heterocycles. The van der Waals surface area contributed by atoms with Gasteiger partial charge in [0, 0.05) is 17.1 Å². The van der Waals surface area contributed by atoms with Gasteiger partial charge >= 0.3 is 0 Å². The largest absolute Gasteiger partial charge is 0.390 e. The monoisotopic (exact) mass is 292 g/mol. The highest BCUT2D eigenvalue weighted by Crippen LogP contribution is 2.18. The van der Waals surface area contributed by atoms with Crippen molar-refractivity contribution < 1.29 is 5.11 Å². The smallest absolute Gasteiger partial charge is 0.133 e. The second-order valence-corrected chi connectivity index (χ2v) is 4.70. The van der Waals surface area contributed by atoms with E-state index >= 15 is 0 Å². The Morgan fingerprint density at radius 1 is 1.29 bits per heavy atom. The molecule has 2 rings (SSSR count). The molecule has 0 amide bonds. The summed E-state index contributed by atoms with van der Waals surface area (Å²) in [6.45, 7) is 1.85. The van der Waals surface area contributed by atoms with Crippen LogP contribution in [0.4, 0.5) is 0 Å². The van der Waals surface area contributed by atoms with E-state index in [2.05, 4.69) is 25.9 Å². The highest BCUT2D eigenvalue weighted by molar-refractivity contribution is 9.10. The highest BCUT2D eigenvalue weighted by Gasteiger charge is 2.05. The van der Waals surface area contributed by atoms with Gasteiger partial charge in [-0.15, -0.1) is 0 Å². The van der Waals surface area contributed by atoms with Crippen LogP contribution in [0.25, 0.3) is 0 Å². The molecule has 0 unspecified atom stereocenters. The van der Waals surface area contributed by atoms with Crippen molar-refractivity contribution in [3.63, 3.8) is 0 Å². The van der Waals surface area contributed by atoms with Gasteiger partial charge in [0.2, 0.25) is 0 Å². The first-order valence-electron chi connectivity index (χ1n) is 5.36. The molecule has 1 aromatic carbocycles. The lowest BCUT2D eigenvalue weighted by Gasteiger charge is -2.06. The Morgan fingerprint density at radius 3 is 2.76 bits per heavy atom. The van der Waals surface area contributed by atoms with Crippen molar-refractivity contribution in [2.45, 2.75) is 20.0 Å². The van der Waals surface area contributed by atoms with Crippen molar-refractivity contribution in [3.05, 3.63) is 57.6 Å². The maximum Gasteiger partial charge on any atom is 0.133 e. The summed E-state index contributed by atoms with van der Waals surface area (Å²) >= 11 is 3.50. The average molecular weight is 293 g/mol. The van der Waals surface area contributed by atoms with Gasteiger partial charge in [0.25, 0.3) is 0 Å². The van der Waals surface area contributed by atoms with Gasteiger partial charge in [-0.25, -0.2) is 9.97 Å². The van der Waals surface area contributed by atoms with Gasteiger partial charge in [-0.3, -0.25) is 0 Å². The van der Waals surface area contributed by atoms with E-state index in [1.165, 1.54) is 0 Å². The van der Waals surface area contributed by atoms with E-state index in [0.717, 1.165) is 21.4 Å². The fraction of sp³-hybridized carbons (Fsp3) is 0.231. The Balaban J connectivity index is 2.28. The van der Waals surface area contributed by atoms with Gasteiger partial charge in [-0.05, 0) is 24.1 Å². The normalized spacial score (nSPS) is 10.5. The molecule has 0 saturated carbocycles. The zero-order valence-electron chi connectivity index (χ0n) is 9.52. The summed E-state index contributed by atoms with van der Waals surface area (Å²) in [5.74, 6) is 0.728. The fourth-order valence-corrected chi connectivity index (χ4v) is 2.00. The number of aliphatic hydroxyl groups is 1. The molecule has 0 atom stereocenters. The standard InChI is InChI=1S/C13H13BrN2O/c1-9-7-15-13(16-12(9)8-17)6-10-4-2-3-5-11(10)14/h2-5,7,17H,6,8H2,1H3. The predicted octanol–water partition coefficient (Wildman–Crippen LogP) is 2.63. The molecule has 0 aliphatic rings. The molecule has 1 aromatic heterocycles. The molecule has 0 saturated heterocycles. The Bertz CT molecular complexity index is 529. The maximum absolute atomic E-state index is 9.16. The first-order chi connectivity index (χ1) is 8.20. The van der Waals surface area contributed by atoms with Crippen LogP contribution in [0.15, 0.2) is 34.9 Å². The van der Waals surface area contributed by atoms with E-state index in [4.69, 9.17) is 5.11 Å². The van der Waals surface area contributed by atoms with Gasteiger partial charge in [0.1, 0.15) is 5.82 Å². The summed E-state index contributed by atoms with van der Waals surface area (Å²) in [7, 11) is 0. The lowest BCUT2D eigenvalue weighted by atomic mass is 10.1. The zero-order valence-corrected chi connectivity index (χ0v) is 11.1. The van der Waals surface area contributed by atoms with E-state index in [9.17, 15) is 0 Å². The summed E-state index contributed by atoms with van der Waals surface area (Å²) in [6.07, 6.45) is 2.42. The molecule has 0 bridgehead atoms. The lowest BCUT2D eigenvalue weighted by molar-refractivity contribution is 0.275. The van der Waals surface area contributed by atoms with Gasteiger partial charge in [-0.2, -0.15) is 0 Å². The molecule has 1 N–H and O–H groups in total. The Morgan fingerprint density at radius 2 is 2.06 bits per heavy atom. The van der Waals surface area contributed by atoms with Crippen LogP contribution in [-0.4, -0.2) is 15.1 Å². The lowest BCUT2D eigenvalue weighted by Crippen LogP contribution is -2.03. The number of aliphatic hydroxyl groups excluding tert-OH is 1. The minimum atomic E-state index is -0.0443. The van der Waals surface area contributed by atoms with Crippen LogP contribution in [0, 0.1) is 6.92 Å². The molecular weight excluding hydrogens is 280 g/mol. The Hall–Kier alpha value is -1.26. The number of aryl methyl sites for hydroxylation is 1. The average Bonchev–Trinajstić information content (AvgIpc) is 2.34. The zero-order chi connectivity index (χ0) is 12.3. The van der Waals surface area contributed by atoms with Crippen LogP contribution in [-0.2, 0) is 13.0 Å². The fourth-order valence-electron chi connectivity index (χ4n) is 1.58. The van der Waals surface area contributed by atoms with Gasteiger partial charge < -0.3 is 5.11 Å². The summed E-state index contributed by atoms with van der Waals surface area (Å²) in [5.41, 5.74) is 2.76. The van der Waals surface area contributed by atoms with Crippen LogP contribution >= 0.6 is 15.9 Å². The molecule has 2 aromatic rings. The molecule has 3 nitrogen and oxygen atoms in total. The third kappa shape index (κ3) is 2.90. The molecule has 4 heteroatoms. The van der Waals surface area contributed by atoms with E-state index in [-0.39, 0.29) is 6.61 Å². The van der Waals surface area contributed by atoms with Crippen molar-refractivity contribution in [2.75, 3.05) is 0 Å². The van der Waals surface area contributed by atoms with Crippen molar-refractivity contribution >= 4 is 15.9 Å². The molecule has 88 valence electrons. The minimum absolute atomic E-state index is 0.0443. The summed E-state index contributed by atoms with van der Waals surface area (Å²) < 4.78 is 1.05. The first kappa shape index (κ1) is 12.2. The number of nitrogens with zero attached hydrogens (tertiary/aromatic N) is 2. The third-order valence-electron chi connectivity index (χ3n) is 2.58. The molecule has 0 fully saturated rings. The highest BCUT2D eigenvalue weighted by atomic mass is 79.9. The summed E-state index contributed by atoms with van der Waals surface area (Å²) in [4.78, 5) is 8.63. The van der Waals surface area contributed by atoms with Crippen molar-refractivity contribution in [1.29, 1.82) is 0 Å². The maximum atomic E-state index is 9.16. The van der Waals surface area contributed by atoms with Crippen molar-refractivity contribution in [3.8, 4) is 0 Å². The van der Waals surface area contributed by atoms with E-state index in [1.807, 2.05) is 31.2 Å².